The molecule has 3 heterocycles. The van der Waals surface area contributed by atoms with Crippen LogP contribution < -0.4 is 10.2 Å². The van der Waals surface area contributed by atoms with E-state index in [1.54, 1.807) is 18.5 Å². The minimum Gasteiger partial charge on any atom is -0.477 e. The van der Waals surface area contributed by atoms with E-state index in [0.29, 0.717) is 18.1 Å². The minimum atomic E-state index is -1.12. The molecule has 1 aliphatic heterocycles. The third kappa shape index (κ3) is 3.65. The number of hydrogen-bond acceptors (Lipinski definition) is 6. The van der Waals surface area contributed by atoms with E-state index in [0.717, 1.165) is 19.4 Å². The molecule has 0 bridgehead atoms. The summed E-state index contributed by atoms with van der Waals surface area (Å²) in [5, 5.41) is 11.8. The molecule has 124 valence electrons. The zero-order valence-electron chi connectivity index (χ0n) is 12.9. The molecule has 1 aliphatic rings. The largest absolute Gasteiger partial charge is 0.477 e. The van der Waals surface area contributed by atoms with Crippen LogP contribution in [0.3, 0.4) is 0 Å². The van der Waals surface area contributed by atoms with Gasteiger partial charge in [0, 0.05) is 37.7 Å². The Morgan fingerprint density at radius 1 is 1.21 bits per heavy atom. The van der Waals surface area contributed by atoms with Crippen molar-refractivity contribution in [2.75, 3.05) is 18.0 Å². The van der Waals surface area contributed by atoms with Crippen LogP contribution in [0.25, 0.3) is 0 Å². The molecule has 0 radical (unpaired) electrons. The van der Waals surface area contributed by atoms with E-state index in [1.807, 2.05) is 4.90 Å². The molecule has 0 aromatic carbocycles. The van der Waals surface area contributed by atoms with Gasteiger partial charge in [-0.15, -0.1) is 0 Å². The van der Waals surface area contributed by atoms with E-state index in [-0.39, 0.29) is 17.6 Å². The molecule has 3 rings (SSSR count). The molecular formula is C16H17N5O3. The Morgan fingerprint density at radius 2 is 2.00 bits per heavy atom. The summed E-state index contributed by atoms with van der Waals surface area (Å²) < 4.78 is 0. The van der Waals surface area contributed by atoms with Crippen molar-refractivity contribution in [3.05, 3.63) is 48.0 Å². The predicted octanol–water partition coefficient (Wildman–Crippen LogP) is 0.969. The third-order valence-electron chi connectivity index (χ3n) is 3.84. The quantitative estimate of drug-likeness (QED) is 0.861. The second kappa shape index (κ2) is 7.03. The van der Waals surface area contributed by atoms with Gasteiger partial charge in [-0.05, 0) is 31.0 Å². The monoisotopic (exact) mass is 327 g/mol. The molecule has 1 fully saturated rings. The Balaban J connectivity index is 1.62. The number of amides is 1. The molecule has 2 N–H and O–H groups in total. The summed E-state index contributed by atoms with van der Waals surface area (Å²) in [6.45, 7) is 1.49. The van der Waals surface area contributed by atoms with Crippen molar-refractivity contribution in [2.45, 2.75) is 18.9 Å². The number of nitrogens with zero attached hydrogens (tertiary/aromatic N) is 4. The zero-order valence-corrected chi connectivity index (χ0v) is 12.9. The second-order valence-corrected chi connectivity index (χ2v) is 5.54. The number of aromatic nitrogens is 3. The first-order valence-corrected chi connectivity index (χ1v) is 7.65. The van der Waals surface area contributed by atoms with Crippen LogP contribution in [0.4, 0.5) is 5.95 Å². The van der Waals surface area contributed by atoms with Crippen LogP contribution in [0.2, 0.25) is 0 Å². The summed E-state index contributed by atoms with van der Waals surface area (Å²) >= 11 is 0. The third-order valence-corrected chi connectivity index (χ3v) is 3.84. The molecule has 2 aromatic rings. The van der Waals surface area contributed by atoms with Crippen LogP contribution >= 0.6 is 0 Å². The fourth-order valence-electron chi connectivity index (χ4n) is 2.65. The second-order valence-electron chi connectivity index (χ2n) is 5.54. The topological polar surface area (TPSA) is 108 Å². The van der Waals surface area contributed by atoms with Gasteiger partial charge in [-0.25, -0.2) is 19.7 Å². The SMILES string of the molecule is O=C(N[C@H]1CCCN(c2ncccn2)C1)c1ccc(C(=O)O)nc1. The first-order chi connectivity index (χ1) is 11.6. The van der Waals surface area contributed by atoms with Crippen LogP contribution in [0.1, 0.15) is 33.7 Å². The summed E-state index contributed by atoms with van der Waals surface area (Å²) in [5.41, 5.74) is 0.254. The Hall–Kier alpha value is -3.03. The van der Waals surface area contributed by atoms with Gasteiger partial charge in [0.25, 0.3) is 5.91 Å². The fraction of sp³-hybridized carbons (Fsp3) is 0.312. The van der Waals surface area contributed by atoms with Gasteiger partial charge < -0.3 is 15.3 Å². The van der Waals surface area contributed by atoms with E-state index >= 15 is 0 Å². The number of piperidine rings is 1. The lowest BCUT2D eigenvalue weighted by molar-refractivity contribution is 0.0689. The number of carbonyl (C=O) groups is 2. The lowest BCUT2D eigenvalue weighted by Gasteiger charge is -2.33. The van der Waals surface area contributed by atoms with Crippen molar-refractivity contribution in [3.8, 4) is 0 Å². The number of rotatable bonds is 4. The summed E-state index contributed by atoms with van der Waals surface area (Å²) in [5.74, 6) is -0.725. The first-order valence-electron chi connectivity index (χ1n) is 7.65. The average molecular weight is 327 g/mol. The van der Waals surface area contributed by atoms with Gasteiger partial charge in [-0.3, -0.25) is 4.79 Å². The highest BCUT2D eigenvalue weighted by atomic mass is 16.4. The van der Waals surface area contributed by atoms with Gasteiger partial charge >= 0.3 is 5.97 Å². The molecule has 24 heavy (non-hydrogen) atoms. The standard InChI is InChI=1S/C16H17N5O3/c22-14(11-4-5-13(15(23)24)19-9-11)20-12-3-1-8-21(10-12)16-17-6-2-7-18-16/h2,4-7,9,12H,1,3,8,10H2,(H,20,22)(H,23,24)/t12-/m0/s1. The van der Waals surface area contributed by atoms with Crippen molar-refractivity contribution in [3.63, 3.8) is 0 Å². The normalized spacial score (nSPS) is 17.3. The minimum absolute atomic E-state index is 0.0193. The van der Waals surface area contributed by atoms with E-state index in [2.05, 4.69) is 20.3 Å². The zero-order chi connectivity index (χ0) is 16.9. The van der Waals surface area contributed by atoms with Crippen LogP contribution in [0, 0.1) is 0 Å². The van der Waals surface area contributed by atoms with Crippen molar-refractivity contribution in [1.82, 2.24) is 20.3 Å². The molecule has 1 saturated heterocycles. The van der Waals surface area contributed by atoms with E-state index < -0.39 is 5.97 Å². The first kappa shape index (κ1) is 15.9. The van der Waals surface area contributed by atoms with E-state index in [9.17, 15) is 9.59 Å². The van der Waals surface area contributed by atoms with Gasteiger partial charge in [0.05, 0.1) is 5.56 Å². The van der Waals surface area contributed by atoms with Gasteiger partial charge in [0.2, 0.25) is 5.95 Å². The highest BCUT2D eigenvalue weighted by molar-refractivity contribution is 5.95. The average Bonchev–Trinajstić information content (AvgIpc) is 2.63. The molecule has 0 saturated carbocycles. The van der Waals surface area contributed by atoms with Crippen LogP contribution in [-0.2, 0) is 0 Å². The Morgan fingerprint density at radius 3 is 2.67 bits per heavy atom. The fourth-order valence-corrected chi connectivity index (χ4v) is 2.65. The van der Waals surface area contributed by atoms with Crippen LogP contribution in [0.5, 0.6) is 0 Å². The summed E-state index contributed by atoms with van der Waals surface area (Å²) in [6, 6.07) is 4.53. The number of aromatic carboxylic acids is 1. The number of pyridine rings is 1. The van der Waals surface area contributed by atoms with Crippen molar-refractivity contribution in [1.29, 1.82) is 0 Å². The summed E-state index contributed by atoms with van der Waals surface area (Å²) in [7, 11) is 0. The number of carboxylic acid groups (broad SMARTS) is 1. The van der Waals surface area contributed by atoms with E-state index in [4.69, 9.17) is 5.11 Å². The number of nitrogens with one attached hydrogen (secondary N) is 1. The van der Waals surface area contributed by atoms with Crippen molar-refractivity contribution in [2.24, 2.45) is 0 Å². The predicted molar refractivity (Wildman–Crippen MR) is 85.9 cm³/mol. The Labute approximate surface area is 138 Å². The summed E-state index contributed by atoms with van der Waals surface area (Å²) in [4.78, 5) is 37.4. The molecule has 1 amide bonds. The number of carbonyl (C=O) groups excluding carboxylic acids is 1. The van der Waals surface area contributed by atoms with Crippen LogP contribution in [0.15, 0.2) is 36.8 Å². The van der Waals surface area contributed by atoms with Crippen molar-refractivity contribution >= 4 is 17.8 Å². The Kier molecular flexibility index (Phi) is 4.64. The molecule has 8 nitrogen and oxygen atoms in total. The van der Waals surface area contributed by atoms with Gasteiger partial charge in [-0.2, -0.15) is 0 Å². The maximum absolute atomic E-state index is 12.3. The van der Waals surface area contributed by atoms with E-state index in [1.165, 1.54) is 18.3 Å². The van der Waals surface area contributed by atoms with Crippen LogP contribution in [-0.4, -0.2) is 51.1 Å². The van der Waals surface area contributed by atoms with Crippen molar-refractivity contribution < 1.29 is 14.7 Å². The molecule has 0 unspecified atom stereocenters. The molecule has 8 heteroatoms. The smallest absolute Gasteiger partial charge is 0.354 e. The summed E-state index contributed by atoms with van der Waals surface area (Å²) in [6.07, 6.45) is 6.47. The Bertz CT molecular complexity index is 720. The van der Waals surface area contributed by atoms with Gasteiger partial charge in [0.1, 0.15) is 5.69 Å². The number of carboxylic acids is 1. The maximum Gasteiger partial charge on any atom is 0.354 e. The molecule has 1 atom stereocenters. The number of anilines is 1. The maximum atomic E-state index is 12.3. The van der Waals surface area contributed by atoms with Gasteiger partial charge in [0.15, 0.2) is 0 Å². The number of hydrogen-bond donors (Lipinski definition) is 2. The highest BCUT2D eigenvalue weighted by Gasteiger charge is 2.23. The lowest BCUT2D eigenvalue weighted by atomic mass is 10.1. The lowest BCUT2D eigenvalue weighted by Crippen LogP contribution is -2.48. The highest BCUT2D eigenvalue weighted by Crippen LogP contribution is 2.15. The molecule has 2 aromatic heterocycles. The molecular weight excluding hydrogens is 310 g/mol. The molecule has 0 spiro atoms. The van der Waals surface area contributed by atoms with Gasteiger partial charge in [-0.1, -0.05) is 0 Å². The molecule has 0 aliphatic carbocycles.